The van der Waals surface area contributed by atoms with Crippen molar-refractivity contribution in [3.8, 4) is 0 Å². The van der Waals surface area contributed by atoms with E-state index in [2.05, 4.69) is 22.2 Å². The Morgan fingerprint density at radius 3 is 3.12 bits per heavy atom. The first kappa shape index (κ1) is 11.1. The topological polar surface area (TPSA) is 42.2 Å². The van der Waals surface area contributed by atoms with Crippen LogP contribution in [-0.4, -0.2) is 20.9 Å². The van der Waals surface area contributed by atoms with Crippen LogP contribution >= 0.6 is 0 Å². The molecule has 0 unspecified atom stereocenters. The predicted octanol–water partition coefficient (Wildman–Crippen LogP) is 2.01. The van der Waals surface area contributed by atoms with Crippen LogP contribution in [0.2, 0.25) is 0 Å². The average Bonchev–Trinajstić information content (AvgIpc) is 2.73. The first-order valence-electron chi connectivity index (χ1n) is 5.89. The molecule has 0 atom stereocenters. The van der Waals surface area contributed by atoms with Gasteiger partial charge in [0.2, 0.25) is 5.78 Å². The Morgan fingerprint density at radius 1 is 1.31 bits per heavy atom. The zero-order valence-electron chi connectivity index (χ0n) is 9.69. The molecule has 1 N–H and O–H groups in total. The molecule has 16 heavy (non-hydrogen) atoms. The van der Waals surface area contributed by atoms with Crippen molar-refractivity contribution in [2.24, 2.45) is 0 Å². The second-order valence-electron chi connectivity index (χ2n) is 3.92. The molecule has 86 valence electrons. The quantitative estimate of drug-likeness (QED) is 0.754. The molecule has 0 amide bonds. The monoisotopic (exact) mass is 218 g/mol. The number of imidazole rings is 1. The van der Waals surface area contributed by atoms with Crippen molar-refractivity contribution < 1.29 is 0 Å². The lowest BCUT2D eigenvalue weighted by Crippen LogP contribution is -2.15. The van der Waals surface area contributed by atoms with Crippen LogP contribution in [-0.2, 0) is 6.54 Å². The Hall–Kier alpha value is -1.42. The van der Waals surface area contributed by atoms with Crippen molar-refractivity contribution >= 4 is 5.78 Å². The molecule has 2 aromatic rings. The van der Waals surface area contributed by atoms with Crippen LogP contribution in [0.4, 0.5) is 0 Å². The molecule has 0 aliphatic carbocycles. The summed E-state index contributed by atoms with van der Waals surface area (Å²) in [6.45, 7) is 4.15. The van der Waals surface area contributed by atoms with E-state index < -0.39 is 0 Å². The van der Waals surface area contributed by atoms with E-state index in [9.17, 15) is 0 Å². The van der Waals surface area contributed by atoms with E-state index in [0.29, 0.717) is 0 Å². The molecular formula is C12H18N4. The maximum Gasteiger partial charge on any atom is 0.233 e. The van der Waals surface area contributed by atoms with Crippen LogP contribution in [0.15, 0.2) is 24.7 Å². The fraction of sp³-hybridized carbons (Fsp3) is 0.500. The summed E-state index contributed by atoms with van der Waals surface area (Å²) in [5.41, 5.74) is 1.17. The van der Waals surface area contributed by atoms with Gasteiger partial charge >= 0.3 is 0 Å². The molecule has 0 aliphatic heterocycles. The first-order chi connectivity index (χ1) is 7.92. The predicted molar refractivity (Wildman–Crippen MR) is 64.2 cm³/mol. The van der Waals surface area contributed by atoms with Gasteiger partial charge in [0.1, 0.15) is 0 Å². The number of rotatable bonds is 6. The Balaban J connectivity index is 1.89. The highest BCUT2D eigenvalue weighted by Gasteiger charge is 2.01. The third-order valence-corrected chi connectivity index (χ3v) is 2.63. The van der Waals surface area contributed by atoms with Crippen molar-refractivity contribution in [2.75, 3.05) is 6.54 Å². The molecule has 2 aromatic heterocycles. The van der Waals surface area contributed by atoms with Crippen molar-refractivity contribution in [3.63, 3.8) is 0 Å². The van der Waals surface area contributed by atoms with Gasteiger partial charge in [0.15, 0.2) is 0 Å². The van der Waals surface area contributed by atoms with E-state index in [0.717, 1.165) is 18.9 Å². The number of hydrogen-bond acceptors (Lipinski definition) is 3. The van der Waals surface area contributed by atoms with Crippen molar-refractivity contribution in [1.29, 1.82) is 0 Å². The van der Waals surface area contributed by atoms with Gasteiger partial charge in [-0.05, 0) is 19.0 Å². The van der Waals surface area contributed by atoms with E-state index in [4.69, 9.17) is 0 Å². The van der Waals surface area contributed by atoms with Crippen LogP contribution in [0, 0.1) is 0 Å². The molecule has 0 bridgehead atoms. The molecule has 2 heterocycles. The van der Waals surface area contributed by atoms with Crippen LogP contribution < -0.4 is 5.32 Å². The molecule has 0 aromatic carbocycles. The zero-order valence-corrected chi connectivity index (χ0v) is 9.69. The highest BCUT2D eigenvalue weighted by molar-refractivity contribution is 5.30. The minimum atomic E-state index is 0.771. The normalized spacial score (nSPS) is 11.1. The van der Waals surface area contributed by atoms with Gasteiger partial charge in [-0.3, -0.25) is 4.40 Å². The lowest BCUT2D eigenvalue weighted by atomic mass is 10.2. The van der Waals surface area contributed by atoms with Gasteiger partial charge in [-0.25, -0.2) is 9.97 Å². The highest BCUT2D eigenvalue weighted by Crippen LogP contribution is 2.02. The fourth-order valence-electron chi connectivity index (χ4n) is 1.72. The first-order valence-corrected chi connectivity index (χ1v) is 5.89. The number of aromatic nitrogens is 3. The van der Waals surface area contributed by atoms with Crippen molar-refractivity contribution in [1.82, 2.24) is 19.7 Å². The van der Waals surface area contributed by atoms with Gasteiger partial charge in [-0.2, -0.15) is 0 Å². The van der Waals surface area contributed by atoms with E-state index in [1.54, 1.807) is 6.20 Å². The molecule has 0 radical (unpaired) electrons. The lowest BCUT2D eigenvalue weighted by molar-refractivity contribution is 0.609. The number of fused-ring (bicyclic) bond motifs is 1. The zero-order chi connectivity index (χ0) is 11.2. The smallest absolute Gasteiger partial charge is 0.233 e. The maximum atomic E-state index is 4.25. The highest BCUT2D eigenvalue weighted by atomic mass is 15.1. The van der Waals surface area contributed by atoms with Crippen molar-refractivity contribution in [3.05, 3.63) is 30.4 Å². The Labute approximate surface area is 95.7 Å². The van der Waals surface area contributed by atoms with Gasteiger partial charge in [0.05, 0.1) is 11.9 Å². The van der Waals surface area contributed by atoms with E-state index >= 15 is 0 Å². The SMILES string of the molecule is CCCCCNCc1cnc2ncccn12. The second kappa shape index (κ2) is 5.61. The minimum Gasteiger partial charge on any atom is -0.311 e. The van der Waals surface area contributed by atoms with Gasteiger partial charge in [0, 0.05) is 18.9 Å². The Kier molecular flexibility index (Phi) is 3.88. The second-order valence-corrected chi connectivity index (χ2v) is 3.92. The van der Waals surface area contributed by atoms with Crippen LogP contribution in [0.25, 0.3) is 5.78 Å². The summed E-state index contributed by atoms with van der Waals surface area (Å²) in [5.74, 6) is 0.771. The molecule has 0 aliphatic rings. The molecule has 0 spiro atoms. The standard InChI is InChI=1S/C12H18N4/c1-2-3-4-6-13-9-11-10-15-12-14-7-5-8-16(11)12/h5,7-8,10,13H,2-4,6,9H2,1H3. The van der Waals surface area contributed by atoms with E-state index in [1.807, 2.05) is 22.9 Å². The summed E-state index contributed by atoms with van der Waals surface area (Å²) in [6.07, 6.45) is 9.45. The summed E-state index contributed by atoms with van der Waals surface area (Å²) < 4.78 is 2.02. The van der Waals surface area contributed by atoms with Crippen LogP contribution in [0.5, 0.6) is 0 Å². The lowest BCUT2D eigenvalue weighted by Gasteiger charge is -2.03. The minimum absolute atomic E-state index is 0.771. The van der Waals surface area contributed by atoms with E-state index in [-0.39, 0.29) is 0 Å². The van der Waals surface area contributed by atoms with Gasteiger partial charge in [0.25, 0.3) is 0 Å². The van der Waals surface area contributed by atoms with Crippen LogP contribution in [0.1, 0.15) is 31.9 Å². The molecule has 2 rings (SSSR count). The third-order valence-electron chi connectivity index (χ3n) is 2.63. The van der Waals surface area contributed by atoms with Gasteiger partial charge < -0.3 is 5.32 Å². The summed E-state index contributed by atoms with van der Waals surface area (Å²) in [5, 5.41) is 3.43. The largest absolute Gasteiger partial charge is 0.311 e. The fourth-order valence-corrected chi connectivity index (χ4v) is 1.72. The Bertz CT molecular complexity index is 435. The Morgan fingerprint density at radius 2 is 2.25 bits per heavy atom. The van der Waals surface area contributed by atoms with Gasteiger partial charge in [-0.15, -0.1) is 0 Å². The molecule has 4 heteroatoms. The van der Waals surface area contributed by atoms with Gasteiger partial charge in [-0.1, -0.05) is 19.8 Å². The average molecular weight is 218 g/mol. The number of nitrogens with one attached hydrogen (secondary N) is 1. The summed E-state index contributed by atoms with van der Waals surface area (Å²) in [7, 11) is 0. The molecular weight excluding hydrogens is 200 g/mol. The number of hydrogen-bond donors (Lipinski definition) is 1. The third kappa shape index (κ3) is 2.58. The number of unbranched alkanes of at least 4 members (excludes halogenated alkanes) is 2. The molecule has 4 nitrogen and oxygen atoms in total. The maximum absolute atomic E-state index is 4.25. The summed E-state index contributed by atoms with van der Waals surface area (Å²) in [4.78, 5) is 8.43. The molecule has 0 fully saturated rings. The number of nitrogens with zero attached hydrogens (tertiary/aromatic N) is 3. The summed E-state index contributed by atoms with van der Waals surface area (Å²) >= 11 is 0. The summed E-state index contributed by atoms with van der Waals surface area (Å²) in [6, 6.07) is 1.93. The molecule has 0 saturated carbocycles. The van der Waals surface area contributed by atoms with Crippen molar-refractivity contribution in [2.45, 2.75) is 32.7 Å². The molecule has 0 saturated heterocycles. The van der Waals surface area contributed by atoms with Crippen LogP contribution in [0.3, 0.4) is 0 Å². The van der Waals surface area contributed by atoms with E-state index in [1.165, 1.54) is 25.0 Å².